The third-order valence-electron chi connectivity index (χ3n) is 5.22. The highest BCUT2D eigenvalue weighted by molar-refractivity contribution is 6.08. The van der Waals surface area contributed by atoms with Crippen LogP contribution < -0.4 is 15.4 Å². The van der Waals surface area contributed by atoms with Crippen LogP contribution >= 0.6 is 0 Å². The monoisotopic (exact) mass is 516 g/mol. The van der Waals surface area contributed by atoms with Gasteiger partial charge in [-0.2, -0.15) is 13.9 Å². The molecule has 4 aromatic rings. The lowest BCUT2D eigenvalue weighted by molar-refractivity contribution is 0.0943. The largest absolute Gasteiger partial charge is 0.483 e. The Hall–Kier alpha value is -4.61. The fourth-order valence-electron chi connectivity index (χ4n) is 3.29. The number of carbonyl (C=O) groups excluding carboxylic acids is 2. The summed E-state index contributed by atoms with van der Waals surface area (Å²) in [6.45, 7) is 2.00. The minimum Gasteiger partial charge on any atom is -0.483 e. The zero-order chi connectivity index (χ0) is 26.5. The molecule has 0 aliphatic heterocycles. The first-order valence-corrected chi connectivity index (χ1v) is 11.0. The standard InChI is InChI=1S/C25H20F4N4O4/c1-2-33-12-19(22(32-33)25(35)30-11-16-4-3-9-36-16)31-24(34)15-7-5-14(6-8-15)13-37-23-20(28)17(26)10-18(27)21(23)29/h3-10,12H,2,11,13H2,1H3,(H,30,35)(H,31,34). The number of carbonyl (C=O) groups is 2. The molecule has 8 nitrogen and oxygen atoms in total. The molecule has 0 radical (unpaired) electrons. The molecule has 0 aliphatic rings. The number of furan rings is 1. The average molecular weight is 516 g/mol. The summed E-state index contributed by atoms with van der Waals surface area (Å²) in [5, 5.41) is 9.51. The fourth-order valence-corrected chi connectivity index (χ4v) is 3.29. The van der Waals surface area contributed by atoms with Gasteiger partial charge in [-0.1, -0.05) is 12.1 Å². The summed E-state index contributed by atoms with van der Waals surface area (Å²) >= 11 is 0. The number of nitrogens with one attached hydrogen (secondary N) is 2. The summed E-state index contributed by atoms with van der Waals surface area (Å²) in [5.74, 6) is -8.15. The molecule has 12 heteroatoms. The van der Waals surface area contributed by atoms with Gasteiger partial charge in [-0.25, -0.2) is 8.78 Å². The molecule has 0 atom stereocenters. The summed E-state index contributed by atoms with van der Waals surface area (Å²) < 4.78 is 65.8. The molecule has 0 fully saturated rings. The molecule has 0 saturated heterocycles. The summed E-state index contributed by atoms with van der Waals surface area (Å²) in [7, 11) is 0. The van der Waals surface area contributed by atoms with Crippen LogP contribution in [0.25, 0.3) is 0 Å². The van der Waals surface area contributed by atoms with Gasteiger partial charge in [-0.05, 0) is 36.8 Å². The highest BCUT2D eigenvalue weighted by atomic mass is 19.2. The Morgan fingerprint density at radius 2 is 1.73 bits per heavy atom. The van der Waals surface area contributed by atoms with Gasteiger partial charge in [-0.3, -0.25) is 14.3 Å². The number of ether oxygens (including phenoxy) is 1. The van der Waals surface area contributed by atoms with Gasteiger partial charge in [-0.15, -0.1) is 0 Å². The molecule has 37 heavy (non-hydrogen) atoms. The molecule has 2 aromatic heterocycles. The highest BCUT2D eigenvalue weighted by Gasteiger charge is 2.21. The lowest BCUT2D eigenvalue weighted by Gasteiger charge is -2.10. The molecule has 0 saturated carbocycles. The Bertz CT molecular complexity index is 1390. The van der Waals surface area contributed by atoms with Crippen LogP contribution in [0.4, 0.5) is 23.2 Å². The molecular formula is C25H20F4N4O4. The van der Waals surface area contributed by atoms with Crippen molar-refractivity contribution in [2.45, 2.75) is 26.6 Å². The average Bonchev–Trinajstić information content (AvgIpc) is 3.56. The van der Waals surface area contributed by atoms with Crippen LogP contribution in [0, 0.1) is 23.3 Å². The second kappa shape index (κ2) is 11.0. The van der Waals surface area contributed by atoms with Crippen LogP contribution in [0.1, 0.15) is 39.1 Å². The Morgan fingerprint density at radius 3 is 2.35 bits per heavy atom. The first-order chi connectivity index (χ1) is 17.8. The quantitative estimate of drug-likeness (QED) is 0.246. The maximum absolute atomic E-state index is 13.8. The highest BCUT2D eigenvalue weighted by Crippen LogP contribution is 2.27. The summed E-state index contributed by atoms with van der Waals surface area (Å²) in [4.78, 5) is 25.4. The van der Waals surface area contributed by atoms with Crippen molar-refractivity contribution in [3.05, 3.63) is 101 Å². The van der Waals surface area contributed by atoms with Gasteiger partial charge < -0.3 is 19.8 Å². The second-order valence-electron chi connectivity index (χ2n) is 7.75. The smallest absolute Gasteiger partial charge is 0.274 e. The van der Waals surface area contributed by atoms with E-state index in [2.05, 4.69) is 15.7 Å². The van der Waals surface area contributed by atoms with Gasteiger partial charge in [0.05, 0.1) is 18.5 Å². The maximum Gasteiger partial charge on any atom is 0.274 e. The summed E-state index contributed by atoms with van der Waals surface area (Å²) in [6, 6.07) is 9.17. The number of hydrogen-bond acceptors (Lipinski definition) is 5. The number of anilines is 1. The van der Waals surface area contributed by atoms with E-state index in [1.165, 1.54) is 41.4 Å². The number of nitrogens with zero attached hydrogens (tertiary/aromatic N) is 2. The molecule has 2 N–H and O–H groups in total. The molecule has 4 rings (SSSR count). The van der Waals surface area contributed by atoms with Gasteiger partial charge in [0.15, 0.2) is 23.1 Å². The molecule has 0 aliphatic carbocycles. The van der Waals surface area contributed by atoms with Gasteiger partial charge in [0, 0.05) is 24.4 Å². The first kappa shape index (κ1) is 25.5. The van der Waals surface area contributed by atoms with Crippen molar-refractivity contribution in [1.29, 1.82) is 0 Å². The number of aryl methyl sites for hydroxylation is 1. The van der Waals surface area contributed by atoms with E-state index in [0.717, 1.165) is 0 Å². The normalized spacial score (nSPS) is 10.8. The molecule has 0 spiro atoms. The van der Waals surface area contributed by atoms with Crippen LogP contribution in [0.2, 0.25) is 0 Å². The lowest BCUT2D eigenvalue weighted by atomic mass is 10.1. The molecule has 2 heterocycles. The number of rotatable bonds is 9. The zero-order valence-corrected chi connectivity index (χ0v) is 19.4. The van der Waals surface area contributed by atoms with E-state index >= 15 is 0 Å². The molecule has 2 amide bonds. The summed E-state index contributed by atoms with van der Waals surface area (Å²) in [6.07, 6.45) is 3.00. The van der Waals surface area contributed by atoms with E-state index in [1.807, 2.05) is 6.92 Å². The molecule has 0 bridgehead atoms. The third-order valence-corrected chi connectivity index (χ3v) is 5.22. The maximum atomic E-state index is 13.8. The predicted octanol–water partition coefficient (Wildman–Crippen LogP) is 4.81. The molecule has 192 valence electrons. The van der Waals surface area contributed by atoms with E-state index < -0.39 is 47.4 Å². The summed E-state index contributed by atoms with van der Waals surface area (Å²) in [5.41, 5.74) is 0.773. The number of amides is 2. The van der Waals surface area contributed by atoms with Crippen LogP contribution in [-0.2, 0) is 19.7 Å². The Kier molecular flexibility index (Phi) is 7.56. The third kappa shape index (κ3) is 5.80. The number of benzene rings is 2. The minimum atomic E-state index is -1.65. The zero-order valence-electron chi connectivity index (χ0n) is 19.4. The van der Waals surface area contributed by atoms with Crippen molar-refractivity contribution in [2.24, 2.45) is 0 Å². The Balaban J connectivity index is 1.42. The number of aromatic nitrogens is 2. The molecular weight excluding hydrogens is 496 g/mol. The SMILES string of the molecule is CCn1cc(NC(=O)c2ccc(COc3c(F)c(F)cc(F)c3F)cc2)c(C(=O)NCc2ccco2)n1. The Morgan fingerprint density at radius 1 is 1.03 bits per heavy atom. The van der Waals surface area contributed by atoms with E-state index in [9.17, 15) is 27.2 Å². The topological polar surface area (TPSA) is 98.4 Å². The van der Waals surface area contributed by atoms with Gasteiger partial charge in [0.1, 0.15) is 12.4 Å². The van der Waals surface area contributed by atoms with Gasteiger partial charge in [0.2, 0.25) is 11.6 Å². The second-order valence-corrected chi connectivity index (χ2v) is 7.75. The molecule has 0 unspecified atom stereocenters. The fraction of sp³-hybridized carbons (Fsp3) is 0.160. The predicted molar refractivity (Wildman–Crippen MR) is 123 cm³/mol. The lowest BCUT2D eigenvalue weighted by Crippen LogP contribution is -2.25. The first-order valence-electron chi connectivity index (χ1n) is 11.0. The van der Waals surface area contributed by atoms with Crippen molar-refractivity contribution >= 4 is 17.5 Å². The number of hydrogen-bond donors (Lipinski definition) is 2. The van der Waals surface area contributed by atoms with Crippen LogP contribution in [0.3, 0.4) is 0 Å². The van der Waals surface area contributed by atoms with Crippen molar-refractivity contribution in [3.8, 4) is 5.75 Å². The van der Waals surface area contributed by atoms with Crippen molar-refractivity contribution in [1.82, 2.24) is 15.1 Å². The van der Waals surface area contributed by atoms with Crippen LogP contribution in [0.15, 0.2) is 59.3 Å². The van der Waals surface area contributed by atoms with Crippen molar-refractivity contribution < 1.29 is 36.3 Å². The molecule has 2 aromatic carbocycles. The van der Waals surface area contributed by atoms with Gasteiger partial charge in [0.25, 0.3) is 11.8 Å². The van der Waals surface area contributed by atoms with Gasteiger partial charge >= 0.3 is 0 Å². The van der Waals surface area contributed by atoms with E-state index in [4.69, 9.17) is 9.15 Å². The van der Waals surface area contributed by atoms with E-state index in [0.29, 0.717) is 17.9 Å². The minimum absolute atomic E-state index is 0.0122. The van der Waals surface area contributed by atoms with E-state index in [1.54, 1.807) is 12.1 Å². The Labute approximate surface area is 207 Å². The van der Waals surface area contributed by atoms with Crippen LogP contribution in [0.5, 0.6) is 5.75 Å². The van der Waals surface area contributed by atoms with Crippen LogP contribution in [-0.4, -0.2) is 21.6 Å². The van der Waals surface area contributed by atoms with E-state index in [-0.39, 0.29) is 29.6 Å². The number of halogens is 4. The van der Waals surface area contributed by atoms with Crippen molar-refractivity contribution in [3.63, 3.8) is 0 Å². The van der Waals surface area contributed by atoms with Crippen molar-refractivity contribution in [2.75, 3.05) is 5.32 Å².